The van der Waals surface area contributed by atoms with Crippen LogP contribution < -0.4 is 15.4 Å². The van der Waals surface area contributed by atoms with Gasteiger partial charge in [-0.15, -0.1) is 0 Å². The van der Waals surface area contributed by atoms with Gasteiger partial charge in [0.1, 0.15) is 5.75 Å². The SMILES string of the molecule is COc1c(C(=O)NC(=S)Nc2cc(C(F)(F)F)ccc2Cl)cc2ccccc2c1Br. The van der Waals surface area contributed by atoms with Crippen LogP contribution in [0.4, 0.5) is 18.9 Å². The molecule has 3 aromatic carbocycles. The summed E-state index contributed by atoms with van der Waals surface area (Å²) in [4.78, 5) is 12.8. The molecular formula is C20H13BrClF3N2O2S. The highest BCUT2D eigenvalue weighted by Crippen LogP contribution is 2.37. The second-order valence-electron chi connectivity index (χ2n) is 6.09. The van der Waals surface area contributed by atoms with Gasteiger partial charge in [0.15, 0.2) is 5.11 Å². The molecule has 1 amide bonds. The van der Waals surface area contributed by atoms with Gasteiger partial charge in [-0.2, -0.15) is 13.2 Å². The molecule has 0 heterocycles. The molecule has 0 saturated carbocycles. The summed E-state index contributed by atoms with van der Waals surface area (Å²) in [7, 11) is 1.42. The zero-order valence-corrected chi connectivity index (χ0v) is 18.4. The summed E-state index contributed by atoms with van der Waals surface area (Å²) < 4.78 is 44.7. The first-order valence-corrected chi connectivity index (χ1v) is 9.94. The summed E-state index contributed by atoms with van der Waals surface area (Å²) in [6, 6.07) is 11.8. The van der Waals surface area contributed by atoms with E-state index in [1.165, 1.54) is 7.11 Å². The van der Waals surface area contributed by atoms with Crippen LogP contribution in [0.5, 0.6) is 5.75 Å². The van der Waals surface area contributed by atoms with Crippen molar-refractivity contribution >= 4 is 67.2 Å². The number of benzene rings is 3. The van der Waals surface area contributed by atoms with Crippen molar-refractivity contribution in [1.29, 1.82) is 0 Å². The Kier molecular flexibility index (Phi) is 6.54. The van der Waals surface area contributed by atoms with Crippen LogP contribution in [0.2, 0.25) is 5.02 Å². The number of carbonyl (C=O) groups excluding carboxylic acids is 1. The zero-order chi connectivity index (χ0) is 22.1. The number of hydrogen-bond acceptors (Lipinski definition) is 3. The number of methoxy groups -OCH3 is 1. The molecule has 0 atom stereocenters. The average Bonchev–Trinajstić information content (AvgIpc) is 2.68. The molecule has 0 unspecified atom stereocenters. The predicted octanol–water partition coefficient (Wildman–Crippen LogP) is 6.41. The molecule has 0 bridgehead atoms. The van der Waals surface area contributed by atoms with Crippen molar-refractivity contribution in [3.05, 3.63) is 69.2 Å². The first kappa shape index (κ1) is 22.3. The van der Waals surface area contributed by atoms with Crippen molar-refractivity contribution in [2.24, 2.45) is 0 Å². The molecule has 10 heteroatoms. The molecule has 0 saturated heterocycles. The highest BCUT2D eigenvalue weighted by Gasteiger charge is 2.31. The maximum Gasteiger partial charge on any atom is 0.416 e. The van der Waals surface area contributed by atoms with Crippen LogP contribution in [0.15, 0.2) is 53.0 Å². The topological polar surface area (TPSA) is 50.4 Å². The number of rotatable bonds is 3. The minimum absolute atomic E-state index is 0.0191. The van der Waals surface area contributed by atoms with E-state index < -0.39 is 17.6 Å². The van der Waals surface area contributed by atoms with Crippen molar-refractivity contribution in [3.8, 4) is 5.75 Å². The number of halogens is 5. The molecule has 0 aliphatic heterocycles. The second-order valence-corrected chi connectivity index (χ2v) is 7.70. The summed E-state index contributed by atoms with van der Waals surface area (Å²) in [5.74, 6) is -0.301. The minimum atomic E-state index is -4.55. The van der Waals surface area contributed by atoms with Gasteiger partial charge in [-0.25, -0.2) is 0 Å². The number of hydrogen-bond donors (Lipinski definition) is 2. The van der Waals surface area contributed by atoms with Gasteiger partial charge in [0.2, 0.25) is 0 Å². The Morgan fingerprint density at radius 2 is 1.87 bits per heavy atom. The number of thiocarbonyl (C=S) groups is 1. The Bertz CT molecular complexity index is 1150. The number of alkyl halides is 3. The Morgan fingerprint density at radius 1 is 1.17 bits per heavy atom. The fourth-order valence-electron chi connectivity index (χ4n) is 2.77. The molecule has 0 spiro atoms. The first-order valence-electron chi connectivity index (χ1n) is 8.36. The van der Waals surface area contributed by atoms with E-state index in [1.54, 1.807) is 6.07 Å². The van der Waals surface area contributed by atoms with Gasteiger partial charge in [0, 0.05) is 0 Å². The Labute approximate surface area is 188 Å². The normalized spacial score (nSPS) is 11.3. The highest BCUT2D eigenvalue weighted by molar-refractivity contribution is 9.10. The molecule has 0 aliphatic carbocycles. The van der Waals surface area contributed by atoms with Crippen molar-refractivity contribution in [1.82, 2.24) is 5.32 Å². The summed E-state index contributed by atoms with van der Waals surface area (Å²) in [5.41, 5.74) is -0.783. The molecule has 4 nitrogen and oxygen atoms in total. The maximum atomic E-state index is 12.9. The quantitative estimate of drug-likeness (QED) is 0.394. The maximum absolute atomic E-state index is 12.9. The number of carbonyl (C=O) groups is 1. The van der Waals surface area contributed by atoms with Crippen molar-refractivity contribution in [2.75, 3.05) is 12.4 Å². The standard InChI is InChI=1S/C20H13BrClF3N2O2S/c1-29-17-13(8-10-4-2-3-5-12(10)16(17)21)18(28)27-19(30)26-15-9-11(20(23,24)25)6-7-14(15)22/h2-9H,1H3,(H2,26,27,28,30). The van der Waals surface area contributed by atoms with E-state index in [2.05, 4.69) is 26.6 Å². The van der Waals surface area contributed by atoms with Crippen LogP contribution in [0.3, 0.4) is 0 Å². The number of anilines is 1. The van der Waals surface area contributed by atoms with Gasteiger partial charge in [-0.3, -0.25) is 10.1 Å². The molecule has 2 N–H and O–H groups in total. The fourth-order valence-corrected chi connectivity index (χ4v) is 3.88. The van der Waals surface area contributed by atoms with Crippen LogP contribution in [0, 0.1) is 0 Å². The predicted molar refractivity (Wildman–Crippen MR) is 118 cm³/mol. The van der Waals surface area contributed by atoms with Crippen molar-refractivity contribution in [2.45, 2.75) is 6.18 Å². The van der Waals surface area contributed by atoms with Crippen LogP contribution in [0.25, 0.3) is 10.8 Å². The van der Waals surface area contributed by atoms with E-state index in [9.17, 15) is 18.0 Å². The lowest BCUT2D eigenvalue weighted by Crippen LogP contribution is -2.34. The number of ether oxygens (including phenoxy) is 1. The summed E-state index contributed by atoms with van der Waals surface area (Å²) >= 11 is 14.5. The smallest absolute Gasteiger partial charge is 0.416 e. The monoisotopic (exact) mass is 516 g/mol. The van der Waals surface area contributed by atoms with E-state index in [4.69, 9.17) is 28.6 Å². The summed E-state index contributed by atoms with van der Waals surface area (Å²) in [5, 5.41) is 6.41. The zero-order valence-electron chi connectivity index (χ0n) is 15.2. The second kappa shape index (κ2) is 8.79. The van der Waals surface area contributed by atoms with E-state index >= 15 is 0 Å². The van der Waals surface area contributed by atoms with Crippen LogP contribution >= 0.6 is 39.7 Å². The number of nitrogens with one attached hydrogen (secondary N) is 2. The van der Waals surface area contributed by atoms with E-state index in [0.29, 0.717) is 10.2 Å². The van der Waals surface area contributed by atoms with Crippen LogP contribution in [0.1, 0.15) is 15.9 Å². The lowest BCUT2D eigenvalue weighted by molar-refractivity contribution is -0.137. The third-order valence-electron chi connectivity index (χ3n) is 4.16. The lowest BCUT2D eigenvalue weighted by Gasteiger charge is -2.16. The highest BCUT2D eigenvalue weighted by atomic mass is 79.9. The average molecular weight is 518 g/mol. The molecular weight excluding hydrogens is 505 g/mol. The largest absolute Gasteiger partial charge is 0.495 e. The number of fused-ring (bicyclic) bond motifs is 1. The van der Waals surface area contributed by atoms with Gasteiger partial charge in [-0.05, 0) is 63.2 Å². The molecule has 3 rings (SSSR count). The van der Waals surface area contributed by atoms with E-state index in [0.717, 1.165) is 29.0 Å². The molecule has 0 radical (unpaired) electrons. The lowest BCUT2D eigenvalue weighted by atomic mass is 10.1. The number of amides is 1. The van der Waals surface area contributed by atoms with Crippen LogP contribution in [-0.4, -0.2) is 18.1 Å². The summed E-state index contributed by atoms with van der Waals surface area (Å²) in [6.45, 7) is 0. The summed E-state index contributed by atoms with van der Waals surface area (Å²) in [6.07, 6.45) is -4.55. The Hall–Kier alpha value is -2.36. The van der Waals surface area contributed by atoms with Gasteiger partial charge >= 0.3 is 6.18 Å². The minimum Gasteiger partial charge on any atom is -0.495 e. The molecule has 3 aromatic rings. The van der Waals surface area contributed by atoms with E-state index in [-0.39, 0.29) is 21.4 Å². The van der Waals surface area contributed by atoms with Crippen molar-refractivity contribution in [3.63, 3.8) is 0 Å². The Morgan fingerprint density at radius 3 is 2.53 bits per heavy atom. The fraction of sp³-hybridized carbons (Fsp3) is 0.100. The van der Waals surface area contributed by atoms with E-state index in [1.807, 2.05) is 24.3 Å². The van der Waals surface area contributed by atoms with Crippen LogP contribution in [-0.2, 0) is 6.18 Å². The first-order chi connectivity index (χ1) is 14.1. The third kappa shape index (κ3) is 4.69. The molecule has 0 aliphatic rings. The molecule has 0 aromatic heterocycles. The Balaban J connectivity index is 1.86. The molecule has 0 fully saturated rings. The van der Waals surface area contributed by atoms with Gasteiger partial charge in [0.25, 0.3) is 5.91 Å². The van der Waals surface area contributed by atoms with Gasteiger partial charge in [-0.1, -0.05) is 35.9 Å². The molecule has 156 valence electrons. The van der Waals surface area contributed by atoms with Crippen molar-refractivity contribution < 1.29 is 22.7 Å². The molecule has 30 heavy (non-hydrogen) atoms. The van der Waals surface area contributed by atoms with Gasteiger partial charge in [0.05, 0.1) is 33.4 Å². The third-order valence-corrected chi connectivity index (χ3v) is 5.48. The van der Waals surface area contributed by atoms with Gasteiger partial charge < -0.3 is 10.1 Å².